The number of carbonyl (C=O) groups excluding carboxylic acids is 1. The maximum absolute atomic E-state index is 11.3. The Hall–Kier alpha value is -1.77. The predicted octanol–water partition coefficient (Wildman–Crippen LogP) is 1.85. The zero-order valence-corrected chi connectivity index (χ0v) is 9.08. The first-order valence-corrected chi connectivity index (χ1v) is 4.85. The van der Waals surface area contributed by atoms with Gasteiger partial charge in [-0.05, 0) is 31.5 Å². The molecule has 1 amide bonds. The van der Waals surface area contributed by atoms with Crippen LogP contribution in [0.15, 0.2) is 35.9 Å². The molecule has 0 aromatic heterocycles. The summed E-state index contributed by atoms with van der Waals surface area (Å²) in [5, 5.41) is 2.79. The van der Waals surface area contributed by atoms with Crippen LogP contribution in [-0.4, -0.2) is 5.91 Å². The minimum absolute atomic E-state index is 0.0631. The van der Waals surface area contributed by atoms with Crippen LogP contribution in [-0.2, 0) is 11.3 Å². The maximum Gasteiger partial charge on any atom is 0.244 e. The number of hydrogen-bond acceptors (Lipinski definition) is 2. The Labute approximate surface area is 90.0 Å². The van der Waals surface area contributed by atoms with E-state index in [2.05, 4.69) is 5.32 Å². The highest BCUT2D eigenvalue weighted by molar-refractivity contribution is 5.87. The number of benzene rings is 1. The molecular weight excluding hydrogens is 188 g/mol. The van der Waals surface area contributed by atoms with E-state index in [1.54, 1.807) is 6.08 Å². The number of hydrogen-bond donors (Lipinski definition) is 2. The van der Waals surface area contributed by atoms with Crippen molar-refractivity contribution in [2.75, 3.05) is 5.73 Å². The van der Waals surface area contributed by atoms with E-state index in [1.165, 1.54) is 0 Å². The van der Waals surface area contributed by atoms with Gasteiger partial charge in [-0.15, -0.1) is 0 Å². The minimum Gasteiger partial charge on any atom is -0.399 e. The minimum atomic E-state index is -0.0631. The van der Waals surface area contributed by atoms with Gasteiger partial charge in [0.15, 0.2) is 0 Å². The Morgan fingerprint density at radius 2 is 1.93 bits per heavy atom. The summed E-state index contributed by atoms with van der Waals surface area (Å²) < 4.78 is 0. The van der Waals surface area contributed by atoms with Crippen LogP contribution < -0.4 is 11.1 Å². The lowest BCUT2D eigenvalue weighted by Crippen LogP contribution is -2.20. The molecule has 0 fully saturated rings. The SMILES string of the molecule is CC(C)=CC(=O)NCc1ccc(N)cc1. The van der Waals surface area contributed by atoms with Crippen molar-refractivity contribution in [2.45, 2.75) is 20.4 Å². The quantitative estimate of drug-likeness (QED) is 0.583. The normalized spacial score (nSPS) is 9.47. The number of carbonyl (C=O) groups is 1. The van der Waals surface area contributed by atoms with Gasteiger partial charge in [0, 0.05) is 18.3 Å². The highest BCUT2D eigenvalue weighted by Gasteiger charge is 1.96. The van der Waals surface area contributed by atoms with Crippen molar-refractivity contribution in [1.82, 2.24) is 5.32 Å². The van der Waals surface area contributed by atoms with Crippen LogP contribution in [0.4, 0.5) is 5.69 Å². The van der Waals surface area contributed by atoms with Crippen LogP contribution in [0.3, 0.4) is 0 Å². The summed E-state index contributed by atoms with van der Waals surface area (Å²) >= 11 is 0. The molecule has 0 radical (unpaired) electrons. The zero-order valence-electron chi connectivity index (χ0n) is 9.08. The zero-order chi connectivity index (χ0) is 11.3. The molecule has 3 N–H and O–H groups in total. The number of nitrogens with two attached hydrogens (primary N) is 1. The summed E-state index contributed by atoms with van der Waals surface area (Å²) in [5.74, 6) is -0.0631. The lowest BCUT2D eigenvalue weighted by atomic mass is 10.2. The summed E-state index contributed by atoms with van der Waals surface area (Å²) in [7, 11) is 0. The first-order valence-electron chi connectivity index (χ1n) is 4.85. The number of nitrogen functional groups attached to an aromatic ring is 1. The standard InChI is InChI=1S/C12H16N2O/c1-9(2)7-12(15)14-8-10-3-5-11(13)6-4-10/h3-7H,8,13H2,1-2H3,(H,14,15). The lowest BCUT2D eigenvalue weighted by molar-refractivity contribution is -0.116. The van der Waals surface area contributed by atoms with Gasteiger partial charge < -0.3 is 11.1 Å². The van der Waals surface area contributed by atoms with E-state index in [4.69, 9.17) is 5.73 Å². The topological polar surface area (TPSA) is 55.1 Å². The third kappa shape index (κ3) is 4.31. The summed E-state index contributed by atoms with van der Waals surface area (Å²) in [6, 6.07) is 7.45. The summed E-state index contributed by atoms with van der Waals surface area (Å²) in [6.07, 6.45) is 1.58. The molecule has 0 saturated carbocycles. The summed E-state index contributed by atoms with van der Waals surface area (Å²) in [4.78, 5) is 11.3. The van der Waals surface area contributed by atoms with Gasteiger partial charge in [-0.2, -0.15) is 0 Å². The van der Waals surface area contributed by atoms with Crippen LogP contribution in [0, 0.1) is 0 Å². The van der Waals surface area contributed by atoms with Gasteiger partial charge in [0.05, 0.1) is 0 Å². The second kappa shape index (κ2) is 5.20. The predicted molar refractivity (Wildman–Crippen MR) is 62.1 cm³/mol. The third-order valence-corrected chi connectivity index (χ3v) is 1.87. The van der Waals surface area contributed by atoms with Crippen LogP contribution in [0.1, 0.15) is 19.4 Å². The van der Waals surface area contributed by atoms with Crippen LogP contribution in [0.5, 0.6) is 0 Å². The number of amides is 1. The van der Waals surface area contributed by atoms with E-state index in [0.29, 0.717) is 6.54 Å². The molecule has 0 aliphatic heterocycles. The van der Waals surface area contributed by atoms with Gasteiger partial charge in [-0.1, -0.05) is 17.7 Å². The molecule has 1 aromatic rings. The van der Waals surface area contributed by atoms with Crippen LogP contribution in [0.2, 0.25) is 0 Å². The molecule has 0 saturated heterocycles. The van der Waals surface area contributed by atoms with Crippen molar-refractivity contribution in [1.29, 1.82) is 0 Å². The molecule has 0 bridgehead atoms. The van der Waals surface area contributed by atoms with Gasteiger partial charge in [0.1, 0.15) is 0 Å². The molecule has 0 atom stereocenters. The second-order valence-electron chi connectivity index (χ2n) is 3.68. The van der Waals surface area contributed by atoms with Gasteiger partial charge in [-0.3, -0.25) is 4.79 Å². The van der Waals surface area contributed by atoms with Crippen molar-refractivity contribution in [3.05, 3.63) is 41.5 Å². The van der Waals surface area contributed by atoms with E-state index in [1.807, 2.05) is 38.1 Å². The van der Waals surface area contributed by atoms with Crippen molar-refractivity contribution >= 4 is 11.6 Å². The van der Waals surface area contributed by atoms with Crippen LogP contribution >= 0.6 is 0 Å². The van der Waals surface area contributed by atoms with Crippen molar-refractivity contribution in [3.8, 4) is 0 Å². The highest BCUT2D eigenvalue weighted by Crippen LogP contribution is 2.04. The molecule has 0 aliphatic carbocycles. The van der Waals surface area contributed by atoms with E-state index < -0.39 is 0 Å². The van der Waals surface area contributed by atoms with E-state index >= 15 is 0 Å². The monoisotopic (exact) mass is 204 g/mol. The summed E-state index contributed by atoms with van der Waals surface area (Å²) in [6.45, 7) is 4.31. The average Bonchev–Trinajstić information content (AvgIpc) is 2.16. The first-order chi connectivity index (χ1) is 7.08. The summed E-state index contributed by atoms with van der Waals surface area (Å²) in [5.41, 5.74) is 8.31. The Bertz CT molecular complexity index is 362. The molecule has 15 heavy (non-hydrogen) atoms. The number of allylic oxidation sites excluding steroid dienone is 1. The van der Waals surface area contributed by atoms with E-state index in [-0.39, 0.29) is 5.91 Å². The molecular formula is C12H16N2O. The third-order valence-electron chi connectivity index (χ3n) is 1.87. The molecule has 1 rings (SSSR count). The fourth-order valence-corrected chi connectivity index (χ4v) is 1.14. The number of rotatable bonds is 3. The van der Waals surface area contributed by atoms with Crippen molar-refractivity contribution in [2.24, 2.45) is 0 Å². The Kier molecular flexibility index (Phi) is 3.92. The molecule has 0 aliphatic rings. The molecule has 1 aromatic carbocycles. The molecule has 0 heterocycles. The number of nitrogens with one attached hydrogen (secondary N) is 1. The number of anilines is 1. The smallest absolute Gasteiger partial charge is 0.244 e. The molecule has 3 nitrogen and oxygen atoms in total. The van der Waals surface area contributed by atoms with Crippen LogP contribution in [0.25, 0.3) is 0 Å². The van der Waals surface area contributed by atoms with Gasteiger partial charge in [0.2, 0.25) is 5.91 Å². The largest absolute Gasteiger partial charge is 0.399 e. The van der Waals surface area contributed by atoms with Gasteiger partial charge in [0.25, 0.3) is 0 Å². The Balaban J connectivity index is 2.47. The van der Waals surface area contributed by atoms with Crippen molar-refractivity contribution in [3.63, 3.8) is 0 Å². The second-order valence-corrected chi connectivity index (χ2v) is 3.68. The van der Waals surface area contributed by atoms with Gasteiger partial charge in [-0.25, -0.2) is 0 Å². The first kappa shape index (κ1) is 11.3. The van der Waals surface area contributed by atoms with E-state index in [9.17, 15) is 4.79 Å². The van der Waals surface area contributed by atoms with Crippen molar-refractivity contribution < 1.29 is 4.79 Å². The fraction of sp³-hybridized carbons (Fsp3) is 0.250. The van der Waals surface area contributed by atoms with E-state index in [0.717, 1.165) is 16.8 Å². The molecule has 80 valence electrons. The molecule has 3 heteroatoms. The lowest BCUT2D eigenvalue weighted by Gasteiger charge is -2.03. The Morgan fingerprint density at radius 3 is 2.47 bits per heavy atom. The average molecular weight is 204 g/mol. The maximum atomic E-state index is 11.3. The molecule has 0 spiro atoms. The Morgan fingerprint density at radius 1 is 1.33 bits per heavy atom. The van der Waals surface area contributed by atoms with Gasteiger partial charge >= 0.3 is 0 Å². The fourth-order valence-electron chi connectivity index (χ4n) is 1.14. The molecule has 0 unspecified atom stereocenters. The highest BCUT2D eigenvalue weighted by atomic mass is 16.1.